The van der Waals surface area contributed by atoms with Crippen LogP contribution in [0.2, 0.25) is 0 Å². The van der Waals surface area contributed by atoms with Crippen LogP contribution >= 0.6 is 23.1 Å². The van der Waals surface area contributed by atoms with Crippen molar-refractivity contribution in [1.29, 1.82) is 0 Å². The standard InChI is InChI=1S/C22H25N7O3S.C19H21N7O.C2H4ClNO2S.ClH/c1-14(2)29-13-24-27-21(29)18-4-3-5-20(25-18)26-22(30)19-10-16-12-28(9-8-15(16)11-23-19)33(31,32)17-6-7-17;1-12(2)26-11-22-25-18(26)15-4-3-5-17(23-15)24-19(27)16-8-14-9-20-7-6-13(14)10-21-16;3-7(5,6)4-1-2-4;/h3-5,10-11,13-14,17H,6-9,12H2,1-2H3,(H,25,26,30);3-5,8,10-12,20H,6-7,9H2,1-2H3,(H,23,24,27);1-2H2;1H. The number of sulfonamides is 1. The van der Waals surface area contributed by atoms with Gasteiger partial charge in [0.05, 0.1) is 5.25 Å². The minimum Gasteiger partial charge on any atom is -0.312 e. The lowest BCUT2D eigenvalue weighted by Crippen LogP contribution is -2.38. The van der Waals surface area contributed by atoms with Crippen molar-refractivity contribution in [1.82, 2.24) is 63.4 Å². The number of halogens is 2. The molecule has 0 bridgehead atoms. The van der Waals surface area contributed by atoms with Gasteiger partial charge in [0.25, 0.3) is 21.1 Å². The number of hydrogen-bond donors (Lipinski definition) is 3. The van der Waals surface area contributed by atoms with Crippen molar-refractivity contribution < 1.29 is 26.4 Å². The van der Waals surface area contributed by atoms with Crippen LogP contribution in [0.15, 0.2) is 73.6 Å². The van der Waals surface area contributed by atoms with Gasteiger partial charge in [-0.1, -0.05) is 12.1 Å². The maximum Gasteiger partial charge on any atom is 0.299 e. The summed E-state index contributed by atoms with van der Waals surface area (Å²) in [5.74, 6) is 1.42. The molecule has 3 N–H and O–H groups in total. The van der Waals surface area contributed by atoms with Gasteiger partial charge in [0.1, 0.15) is 47.1 Å². The van der Waals surface area contributed by atoms with Gasteiger partial charge in [-0.05, 0) is 119 Å². The van der Waals surface area contributed by atoms with Crippen LogP contribution in [0.3, 0.4) is 0 Å². The average molecular weight is 1010 g/mol. The lowest BCUT2D eigenvalue weighted by molar-refractivity contribution is 0.101. The van der Waals surface area contributed by atoms with Crippen molar-refractivity contribution in [3.05, 3.63) is 107 Å². The molecule has 2 amide bonds. The van der Waals surface area contributed by atoms with E-state index in [0.29, 0.717) is 66.4 Å². The van der Waals surface area contributed by atoms with Crippen molar-refractivity contribution in [2.75, 3.05) is 36.8 Å². The molecule has 6 aromatic rings. The number of anilines is 2. The monoisotopic (exact) mass is 1010 g/mol. The van der Waals surface area contributed by atoms with Crippen LogP contribution in [-0.2, 0) is 45.2 Å². The summed E-state index contributed by atoms with van der Waals surface area (Å²) in [6, 6.07) is 14.6. The summed E-state index contributed by atoms with van der Waals surface area (Å²) in [6.45, 7) is 11.8. The van der Waals surface area contributed by atoms with E-state index in [2.05, 4.69) is 70.1 Å². The Morgan fingerprint density at radius 3 is 1.69 bits per heavy atom. The zero-order chi connectivity index (χ0) is 47.5. The fraction of sp³-hybridized carbons (Fsp3) is 0.395. The predicted molar refractivity (Wildman–Crippen MR) is 257 cm³/mol. The molecular formula is C43H51Cl2N15O6S2. The second kappa shape index (κ2) is 21.2. The molecule has 9 heterocycles. The maximum atomic E-state index is 12.9. The highest BCUT2D eigenvalue weighted by Crippen LogP contribution is 2.34. The van der Waals surface area contributed by atoms with E-state index in [-0.39, 0.29) is 47.9 Å². The Morgan fingerprint density at radius 2 is 1.22 bits per heavy atom. The predicted octanol–water partition coefficient (Wildman–Crippen LogP) is 4.84. The van der Waals surface area contributed by atoms with Gasteiger partial charge in [-0.3, -0.25) is 19.6 Å². The fourth-order valence-corrected chi connectivity index (χ4v) is 10.1. The number of rotatable bonds is 11. The number of nitrogens with one attached hydrogen (secondary N) is 3. The van der Waals surface area contributed by atoms with E-state index in [1.54, 1.807) is 49.3 Å². The highest BCUT2D eigenvalue weighted by Gasteiger charge is 2.41. The number of amides is 2. The molecule has 0 aromatic carbocycles. The van der Waals surface area contributed by atoms with Crippen molar-refractivity contribution in [2.24, 2.45) is 0 Å². The SMILES string of the molecule is CC(C)n1cnnc1-c1cccc(NC(=O)c2cc3c(cn2)CCN(S(=O)(=O)C2CC2)C3)n1.CC(C)n1cnnc1-c1cccc(NC(=O)c2cc3c(cn2)CCNC3)n1.Cl.O=S(=O)(Cl)N1CC1. The number of carbonyl (C=O) groups excluding carboxylic acids is 2. The van der Waals surface area contributed by atoms with E-state index in [9.17, 15) is 26.4 Å². The van der Waals surface area contributed by atoms with E-state index in [0.717, 1.165) is 49.0 Å². The minimum absolute atomic E-state index is 0. The third-order valence-corrected chi connectivity index (χ3v) is 15.1. The maximum absolute atomic E-state index is 12.9. The Kier molecular flexibility index (Phi) is 15.6. The molecule has 1 saturated carbocycles. The number of hydrogen-bond acceptors (Lipinski definition) is 15. The molecule has 1 saturated heterocycles. The summed E-state index contributed by atoms with van der Waals surface area (Å²) in [4.78, 5) is 43.1. The summed E-state index contributed by atoms with van der Waals surface area (Å²) >= 11 is 0. The third-order valence-electron chi connectivity index (χ3n) is 11.2. The summed E-state index contributed by atoms with van der Waals surface area (Å²) in [6.07, 6.45) is 9.78. The van der Waals surface area contributed by atoms with Crippen LogP contribution in [0.1, 0.15) is 95.9 Å². The zero-order valence-corrected chi connectivity index (χ0v) is 40.9. The van der Waals surface area contributed by atoms with Crippen molar-refractivity contribution in [3.8, 4) is 23.0 Å². The summed E-state index contributed by atoms with van der Waals surface area (Å²) in [5, 5.41) is 24.9. The van der Waals surface area contributed by atoms with Crippen LogP contribution in [0, 0.1) is 0 Å². The highest BCUT2D eigenvalue weighted by atomic mass is 35.7. The quantitative estimate of drug-likeness (QED) is 0.116. The third kappa shape index (κ3) is 12.1. The van der Waals surface area contributed by atoms with Gasteiger partial charge in [0.2, 0.25) is 10.0 Å². The molecule has 4 aliphatic rings. The highest BCUT2D eigenvalue weighted by molar-refractivity contribution is 8.12. The van der Waals surface area contributed by atoms with Crippen LogP contribution in [-0.4, -0.2) is 118 Å². The van der Waals surface area contributed by atoms with Crippen LogP contribution in [0.4, 0.5) is 11.6 Å². The molecular weight excluding hydrogens is 958 g/mol. The molecule has 0 spiro atoms. The van der Waals surface area contributed by atoms with Crippen LogP contribution < -0.4 is 16.0 Å². The van der Waals surface area contributed by atoms with Gasteiger partial charge in [-0.25, -0.2) is 18.4 Å². The molecule has 6 aromatic heterocycles. The lowest BCUT2D eigenvalue weighted by atomic mass is 10.0. The summed E-state index contributed by atoms with van der Waals surface area (Å²) in [7, 11) is -1.76. The first-order chi connectivity index (χ1) is 32.0. The molecule has 25 heteroatoms. The molecule has 360 valence electrons. The molecule has 0 atom stereocenters. The fourth-order valence-electron chi connectivity index (χ4n) is 7.30. The van der Waals surface area contributed by atoms with Crippen molar-refractivity contribution in [2.45, 2.75) is 83.8 Å². The number of carbonyl (C=O) groups is 2. The second-order valence-electron chi connectivity index (χ2n) is 16.8. The Hall–Kier alpha value is -5.82. The molecule has 68 heavy (non-hydrogen) atoms. The van der Waals surface area contributed by atoms with E-state index < -0.39 is 25.2 Å². The molecule has 21 nitrogen and oxygen atoms in total. The second-order valence-corrected chi connectivity index (χ2v) is 21.5. The number of nitrogens with zero attached hydrogens (tertiary/aromatic N) is 12. The molecule has 3 aliphatic heterocycles. The van der Waals surface area contributed by atoms with E-state index >= 15 is 0 Å². The largest absolute Gasteiger partial charge is 0.312 e. The average Bonchev–Trinajstić information content (AvgIpc) is 4.26. The van der Waals surface area contributed by atoms with Crippen molar-refractivity contribution in [3.63, 3.8) is 0 Å². The van der Waals surface area contributed by atoms with E-state index in [4.69, 9.17) is 10.7 Å². The number of aromatic nitrogens is 10. The smallest absolute Gasteiger partial charge is 0.299 e. The summed E-state index contributed by atoms with van der Waals surface area (Å²) < 4.78 is 52.0. The topological polar surface area (TPSA) is 258 Å². The zero-order valence-electron chi connectivity index (χ0n) is 37.7. The molecule has 2 fully saturated rings. The first-order valence-electron chi connectivity index (χ1n) is 21.8. The van der Waals surface area contributed by atoms with Gasteiger partial charge in [0, 0.05) is 67.9 Å². The molecule has 10 rings (SSSR count). The van der Waals surface area contributed by atoms with Crippen molar-refractivity contribution >= 4 is 65.8 Å². The first-order valence-corrected chi connectivity index (χ1v) is 25.5. The summed E-state index contributed by atoms with van der Waals surface area (Å²) in [5.41, 5.74) is 5.96. The van der Waals surface area contributed by atoms with Gasteiger partial charge < -0.3 is 25.1 Å². The Labute approximate surface area is 404 Å². The lowest BCUT2D eigenvalue weighted by Gasteiger charge is -2.28. The Bertz CT molecular complexity index is 3010. The molecule has 0 radical (unpaired) electrons. The van der Waals surface area contributed by atoms with Gasteiger partial charge in [-0.15, -0.1) is 32.8 Å². The minimum atomic E-state index is -3.32. The normalized spacial score (nSPS) is 15.7. The molecule has 1 aliphatic carbocycles. The van der Waals surface area contributed by atoms with Crippen LogP contribution in [0.5, 0.6) is 0 Å². The van der Waals surface area contributed by atoms with Crippen LogP contribution in [0.25, 0.3) is 23.0 Å². The molecule has 0 unspecified atom stereocenters. The number of fused-ring (bicyclic) bond motifs is 2. The van der Waals surface area contributed by atoms with Gasteiger partial charge in [0.15, 0.2) is 11.6 Å². The Balaban J connectivity index is 0.000000176. The Morgan fingerprint density at radius 1 is 0.706 bits per heavy atom. The first kappa shape index (κ1) is 50.1. The van der Waals surface area contributed by atoms with E-state index in [1.165, 1.54) is 14.2 Å². The van der Waals surface area contributed by atoms with E-state index in [1.807, 2.05) is 47.2 Å². The van der Waals surface area contributed by atoms with Gasteiger partial charge >= 0.3 is 0 Å². The number of pyridine rings is 4. The van der Waals surface area contributed by atoms with Gasteiger partial charge in [-0.2, -0.15) is 17.0 Å².